The van der Waals surface area contributed by atoms with Crippen molar-refractivity contribution in [3.05, 3.63) is 24.5 Å². The average Bonchev–Trinajstić information content (AvgIpc) is 2.34. The number of hydrogen-bond acceptors (Lipinski definition) is 5. The number of carbonyl (C=O) groups is 1. The van der Waals surface area contributed by atoms with Crippen LogP contribution >= 0.6 is 0 Å². The molecular formula is C11H13N5O. The fourth-order valence-corrected chi connectivity index (χ4v) is 1.43. The van der Waals surface area contributed by atoms with Crippen LogP contribution in [-0.4, -0.2) is 27.4 Å². The van der Waals surface area contributed by atoms with Crippen LogP contribution in [0.2, 0.25) is 0 Å². The number of nitrogens with zero attached hydrogens (tertiary/aromatic N) is 3. The predicted molar refractivity (Wildman–Crippen MR) is 64.3 cm³/mol. The number of anilines is 1. The van der Waals surface area contributed by atoms with Crippen LogP contribution in [0.25, 0.3) is 11.2 Å². The van der Waals surface area contributed by atoms with Gasteiger partial charge in [-0.25, -0.2) is 9.97 Å². The minimum atomic E-state index is -0.288. The lowest BCUT2D eigenvalue weighted by Gasteiger charge is -2.04. The minimum absolute atomic E-state index is 0.288. The van der Waals surface area contributed by atoms with E-state index >= 15 is 0 Å². The van der Waals surface area contributed by atoms with Crippen LogP contribution in [0.5, 0.6) is 0 Å². The monoisotopic (exact) mass is 231 g/mol. The van der Waals surface area contributed by atoms with Crippen molar-refractivity contribution in [2.24, 2.45) is 5.73 Å². The molecule has 2 heterocycles. The second-order valence-electron chi connectivity index (χ2n) is 3.59. The van der Waals surface area contributed by atoms with Crippen LogP contribution in [0, 0.1) is 0 Å². The van der Waals surface area contributed by atoms with Crippen LogP contribution in [-0.2, 0) is 4.79 Å². The van der Waals surface area contributed by atoms with Gasteiger partial charge in [-0.3, -0.25) is 9.78 Å². The molecule has 1 amide bonds. The normalized spacial score (nSPS) is 10.4. The third-order valence-electron chi connectivity index (χ3n) is 2.24. The molecule has 6 nitrogen and oxygen atoms in total. The van der Waals surface area contributed by atoms with Crippen LogP contribution in [0.4, 0.5) is 5.82 Å². The molecule has 0 atom stereocenters. The van der Waals surface area contributed by atoms with E-state index in [1.165, 1.54) is 0 Å². The van der Waals surface area contributed by atoms with Gasteiger partial charge >= 0.3 is 0 Å². The lowest BCUT2D eigenvalue weighted by Crippen LogP contribution is -2.13. The first kappa shape index (κ1) is 11.3. The zero-order chi connectivity index (χ0) is 12.1. The summed E-state index contributed by atoms with van der Waals surface area (Å²) < 4.78 is 0. The number of amides is 1. The Bertz CT molecular complexity index is 528. The Morgan fingerprint density at radius 3 is 2.94 bits per heavy atom. The van der Waals surface area contributed by atoms with E-state index in [1.54, 1.807) is 12.4 Å². The Kier molecular flexibility index (Phi) is 3.44. The summed E-state index contributed by atoms with van der Waals surface area (Å²) in [7, 11) is 0. The SMILES string of the molecule is NC(=O)CCCNc1ccc2nccnc2n1. The molecule has 2 aromatic rings. The number of primary amides is 1. The van der Waals surface area contributed by atoms with Crippen molar-refractivity contribution in [2.75, 3.05) is 11.9 Å². The molecule has 6 heteroatoms. The molecule has 0 unspecified atom stereocenters. The topological polar surface area (TPSA) is 93.8 Å². The van der Waals surface area contributed by atoms with Gasteiger partial charge in [-0.05, 0) is 18.6 Å². The van der Waals surface area contributed by atoms with Crippen LogP contribution < -0.4 is 11.1 Å². The summed E-state index contributed by atoms with van der Waals surface area (Å²) in [5.74, 6) is 0.437. The molecule has 2 rings (SSSR count). The Labute approximate surface area is 98.3 Å². The molecule has 0 aliphatic carbocycles. The first-order valence-electron chi connectivity index (χ1n) is 5.35. The number of nitrogens with two attached hydrogens (primary N) is 1. The second-order valence-corrected chi connectivity index (χ2v) is 3.59. The third-order valence-corrected chi connectivity index (χ3v) is 2.24. The first-order valence-corrected chi connectivity index (χ1v) is 5.35. The number of carbonyl (C=O) groups excluding carboxylic acids is 1. The maximum Gasteiger partial charge on any atom is 0.217 e. The quantitative estimate of drug-likeness (QED) is 0.739. The van der Waals surface area contributed by atoms with Crippen molar-refractivity contribution < 1.29 is 4.79 Å². The van der Waals surface area contributed by atoms with Crippen molar-refractivity contribution in [1.82, 2.24) is 15.0 Å². The number of fused-ring (bicyclic) bond motifs is 1. The zero-order valence-corrected chi connectivity index (χ0v) is 9.26. The molecule has 0 saturated heterocycles. The lowest BCUT2D eigenvalue weighted by molar-refractivity contribution is -0.118. The largest absolute Gasteiger partial charge is 0.370 e. The van der Waals surface area contributed by atoms with Gasteiger partial charge in [0.2, 0.25) is 5.91 Å². The first-order chi connectivity index (χ1) is 8.25. The third kappa shape index (κ3) is 3.10. The van der Waals surface area contributed by atoms with Gasteiger partial charge in [0, 0.05) is 25.4 Å². The van der Waals surface area contributed by atoms with Crippen molar-refractivity contribution in [1.29, 1.82) is 0 Å². The van der Waals surface area contributed by atoms with Gasteiger partial charge < -0.3 is 11.1 Å². The van der Waals surface area contributed by atoms with Crippen molar-refractivity contribution in [3.63, 3.8) is 0 Å². The summed E-state index contributed by atoms with van der Waals surface area (Å²) in [4.78, 5) is 23.1. The molecule has 0 bridgehead atoms. The van der Waals surface area contributed by atoms with Gasteiger partial charge in [-0.15, -0.1) is 0 Å². The van der Waals surface area contributed by atoms with Gasteiger partial charge in [0.1, 0.15) is 11.3 Å². The van der Waals surface area contributed by atoms with Crippen molar-refractivity contribution in [2.45, 2.75) is 12.8 Å². The standard InChI is InChI=1S/C11H13N5O/c12-9(17)2-1-5-14-10-4-3-8-11(16-10)15-7-6-13-8/h3-4,6-7H,1-2,5H2,(H2,12,17)(H,14,15,16). The molecule has 88 valence electrons. The fourth-order valence-electron chi connectivity index (χ4n) is 1.43. The molecule has 0 aliphatic rings. The van der Waals surface area contributed by atoms with E-state index in [0.29, 0.717) is 25.0 Å². The van der Waals surface area contributed by atoms with Crippen molar-refractivity contribution >= 4 is 22.9 Å². The lowest BCUT2D eigenvalue weighted by atomic mass is 10.3. The number of aromatic nitrogens is 3. The molecule has 17 heavy (non-hydrogen) atoms. The molecule has 0 radical (unpaired) electrons. The molecule has 3 N–H and O–H groups in total. The minimum Gasteiger partial charge on any atom is -0.370 e. The summed E-state index contributed by atoms with van der Waals surface area (Å²) in [5.41, 5.74) is 6.41. The molecule has 0 spiro atoms. The highest BCUT2D eigenvalue weighted by Crippen LogP contribution is 2.09. The van der Waals surface area contributed by atoms with Gasteiger partial charge in [0.25, 0.3) is 0 Å². The maximum atomic E-state index is 10.5. The summed E-state index contributed by atoms with van der Waals surface area (Å²) in [5, 5.41) is 3.11. The van der Waals surface area contributed by atoms with Gasteiger partial charge in [-0.2, -0.15) is 0 Å². The van der Waals surface area contributed by atoms with Crippen LogP contribution in [0.3, 0.4) is 0 Å². The highest BCUT2D eigenvalue weighted by Gasteiger charge is 1.99. The maximum absolute atomic E-state index is 10.5. The second kappa shape index (κ2) is 5.20. The summed E-state index contributed by atoms with van der Waals surface area (Å²) >= 11 is 0. The smallest absolute Gasteiger partial charge is 0.217 e. The van der Waals surface area contributed by atoms with Gasteiger partial charge in [-0.1, -0.05) is 0 Å². The average molecular weight is 231 g/mol. The molecule has 0 aromatic carbocycles. The molecule has 0 saturated carbocycles. The summed E-state index contributed by atoms with van der Waals surface area (Å²) in [6.45, 7) is 0.654. The van der Waals surface area contributed by atoms with Gasteiger partial charge in [0.15, 0.2) is 5.65 Å². The Morgan fingerprint density at radius 1 is 1.29 bits per heavy atom. The highest BCUT2D eigenvalue weighted by molar-refractivity contribution is 5.73. The van der Waals surface area contributed by atoms with E-state index in [-0.39, 0.29) is 5.91 Å². The highest BCUT2D eigenvalue weighted by atomic mass is 16.1. The number of pyridine rings is 1. The van der Waals surface area contributed by atoms with E-state index in [1.807, 2.05) is 12.1 Å². The Balaban J connectivity index is 1.97. The van der Waals surface area contributed by atoms with E-state index in [9.17, 15) is 4.79 Å². The van der Waals surface area contributed by atoms with E-state index < -0.39 is 0 Å². The summed E-state index contributed by atoms with van der Waals surface area (Å²) in [6, 6.07) is 3.69. The van der Waals surface area contributed by atoms with Crippen LogP contribution in [0.1, 0.15) is 12.8 Å². The molecule has 0 fully saturated rings. The molecular weight excluding hydrogens is 218 g/mol. The molecule has 0 aliphatic heterocycles. The fraction of sp³-hybridized carbons (Fsp3) is 0.273. The Morgan fingerprint density at radius 2 is 2.12 bits per heavy atom. The Hall–Kier alpha value is -2.24. The van der Waals surface area contributed by atoms with Gasteiger partial charge in [0.05, 0.1) is 0 Å². The summed E-state index contributed by atoms with van der Waals surface area (Å²) in [6.07, 6.45) is 4.30. The van der Waals surface area contributed by atoms with E-state index in [2.05, 4.69) is 20.3 Å². The molecule has 2 aromatic heterocycles. The zero-order valence-electron chi connectivity index (χ0n) is 9.26. The predicted octanol–water partition coefficient (Wildman–Crippen LogP) is 0.702. The van der Waals surface area contributed by atoms with Crippen molar-refractivity contribution in [3.8, 4) is 0 Å². The van der Waals surface area contributed by atoms with E-state index in [4.69, 9.17) is 5.73 Å². The van der Waals surface area contributed by atoms with Crippen LogP contribution in [0.15, 0.2) is 24.5 Å². The number of hydrogen-bond donors (Lipinski definition) is 2. The van der Waals surface area contributed by atoms with E-state index in [0.717, 1.165) is 11.3 Å². The number of rotatable bonds is 5. The number of nitrogens with one attached hydrogen (secondary N) is 1.